The number of hydrogen-bond acceptors (Lipinski definition) is 7. The number of hydrogen-bond donors (Lipinski definition) is 1. The molecule has 3 aromatic rings. The third kappa shape index (κ3) is 4.46. The number of carbonyl (C=O) groups excluding carboxylic acids is 2. The Morgan fingerprint density at radius 3 is 2.78 bits per heavy atom. The number of anilines is 1. The van der Waals surface area contributed by atoms with Crippen LogP contribution in [0.4, 0.5) is 5.69 Å². The molecule has 0 bridgehead atoms. The largest absolute Gasteiger partial charge is 0.484 e. The van der Waals surface area contributed by atoms with Gasteiger partial charge in [0.05, 0.1) is 18.4 Å². The highest BCUT2D eigenvalue weighted by molar-refractivity contribution is 5.95. The predicted molar refractivity (Wildman–Crippen MR) is 95.8 cm³/mol. The van der Waals surface area contributed by atoms with Crippen LogP contribution in [-0.2, 0) is 9.53 Å². The Balaban J connectivity index is 1.64. The molecule has 27 heavy (non-hydrogen) atoms. The number of ether oxygens (including phenoxy) is 2. The van der Waals surface area contributed by atoms with E-state index in [1.165, 1.54) is 18.1 Å². The van der Waals surface area contributed by atoms with Crippen LogP contribution in [0.5, 0.6) is 5.75 Å². The van der Waals surface area contributed by atoms with Crippen molar-refractivity contribution in [3.05, 3.63) is 59.9 Å². The first kappa shape index (κ1) is 18.1. The van der Waals surface area contributed by atoms with Gasteiger partial charge in [-0.05, 0) is 47.2 Å². The van der Waals surface area contributed by atoms with Crippen LogP contribution in [0, 0.1) is 6.92 Å². The number of carbonyl (C=O) groups is 2. The lowest BCUT2D eigenvalue weighted by Gasteiger charge is -2.11. The second-order valence-electron chi connectivity index (χ2n) is 5.61. The van der Waals surface area contributed by atoms with Gasteiger partial charge in [0.25, 0.3) is 5.91 Å². The molecule has 0 fully saturated rings. The molecule has 2 aromatic carbocycles. The van der Waals surface area contributed by atoms with Crippen LogP contribution >= 0.6 is 0 Å². The van der Waals surface area contributed by atoms with E-state index in [0.29, 0.717) is 22.7 Å². The average Bonchev–Trinajstić information content (AvgIpc) is 3.22. The van der Waals surface area contributed by atoms with E-state index < -0.39 is 5.97 Å². The topological polar surface area (TPSA) is 108 Å². The molecule has 0 aliphatic carbocycles. The summed E-state index contributed by atoms with van der Waals surface area (Å²) in [5.41, 5.74) is 2.40. The van der Waals surface area contributed by atoms with Crippen molar-refractivity contribution in [2.45, 2.75) is 6.92 Å². The van der Waals surface area contributed by atoms with Gasteiger partial charge in [-0.15, -0.1) is 5.10 Å². The van der Waals surface area contributed by atoms with Gasteiger partial charge < -0.3 is 14.8 Å². The summed E-state index contributed by atoms with van der Waals surface area (Å²) in [6, 6.07) is 12.0. The minimum absolute atomic E-state index is 0.193. The van der Waals surface area contributed by atoms with E-state index in [1.54, 1.807) is 36.4 Å². The highest BCUT2D eigenvalue weighted by Crippen LogP contribution is 2.18. The zero-order chi connectivity index (χ0) is 19.2. The number of rotatable bonds is 6. The molecule has 1 aromatic heterocycles. The first-order chi connectivity index (χ1) is 13.1. The Labute approximate surface area is 154 Å². The summed E-state index contributed by atoms with van der Waals surface area (Å²) in [5.74, 6) is -0.327. The van der Waals surface area contributed by atoms with E-state index in [2.05, 4.69) is 20.8 Å². The number of tetrazole rings is 1. The standard InChI is InChI=1S/C18H17N5O4/c1-12-6-7-13(18(25)26-2)8-16(12)20-17(24)10-27-15-5-3-4-14(9-15)23-11-19-21-22-23/h3-9,11H,10H2,1-2H3,(H,20,24). The summed E-state index contributed by atoms with van der Waals surface area (Å²) >= 11 is 0. The van der Waals surface area contributed by atoms with Gasteiger partial charge in [-0.2, -0.15) is 0 Å². The Bertz CT molecular complexity index is 956. The van der Waals surface area contributed by atoms with Crippen LogP contribution < -0.4 is 10.1 Å². The fraction of sp³-hybridized carbons (Fsp3) is 0.167. The summed E-state index contributed by atoms with van der Waals surface area (Å²) in [7, 11) is 1.30. The summed E-state index contributed by atoms with van der Waals surface area (Å²) in [4.78, 5) is 23.8. The van der Waals surface area contributed by atoms with Crippen molar-refractivity contribution < 1.29 is 19.1 Å². The number of aromatic nitrogens is 4. The second-order valence-corrected chi connectivity index (χ2v) is 5.61. The van der Waals surface area contributed by atoms with Crippen molar-refractivity contribution in [1.29, 1.82) is 0 Å². The molecule has 0 saturated carbocycles. The number of esters is 1. The maximum Gasteiger partial charge on any atom is 0.337 e. The Hall–Kier alpha value is -3.75. The van der Waals surface area contributed by atoms with Crippen LogP contribution in [0.2, 0.25) is 0 Å². The van der Waals surface area contributed by atoms with E-state index in [4.69, 9.17) is 9.47 Å². The molecule has 0 radical (unpaired) electrons. The molecule has 1 amide bonds. The van der Waals surface area contributed by atoms with E-state index in [9.17, 15) is 9.59 Å². The molecule has 0 aliphatic heterocycles. The van der Waals surface area contributed by atoms with Crippen LogP contribution in [0.1, 0.15) is 15.9 Å². The SMILES string of the molecule is COC(=O)c1ccc(C)c(NC(=O)COc2cccc(-n3cnnn3)c2)c1. The van der Waals surface area contributed by atoms with Gasteiger partial charge in [0.15, 0.2) is 6.61 Å². The zero-order valence-electron chi connectivity index (χ0n) is 14.7. The number of nitrogens with zero attached hydrogens (tertiary/aromatic N) is 4. The lowest BCUT2D eigenvalue weighted by Crippen LogP contribution is -2.21. The molecule has 0 aliphatic rings. The molecule has 0 unspecified atom stereocenters. The first-order valence-corrected chi connectivity index (χ1v) is 8.02. The van der Waals surface area contributed by atoms with Crippen molar-refractivity contribution in [2.24, 2.45) is 0 Å². The average molecular weight is 367 g/mol. The van der Waals surface area contributed by atoms with Crippen LogP contribution in [0.15, 0.2) is 48.8 Å². The summed E-state index contributed by atoms with van der Waals surface area (Å²) < 4.78 is 11.7. The summed E-state index contributed by atoms with van der Waals surface area (Å²) in [6.45, 7) is 1.63. The van der Waals surface area contributed by atoms with Crippen LogP contribution in [0.3, 0.4) is 0 Å². The van der Waals surface area contributed by atoms with Crippen LogP contribution in [0.25, 0.3) is 5.69 Å². The van der Waals surface area contributed by atoms with Gasteiger partial charge in [0, 0.05) is 11.8 Å². The molecule has 9 heteroatoms. The van der Waals surface area contributed by atoms with E-state index in [0.717, 1.165) is 5.56 Å². The number of amides is 1. The van der Waals surface area contributed by atoms with Crippen molar-refractivity contribution in [1.82, 2.24) is 20.2 Å². The molecular weight excluding hydrogens is 350 g/mol. The van der Waals surface area contributed by atoms with Gasteiger partial charge in [-0.25, -0.2) is 9.48 Å². The zero-order valence-corrected chi connectivity index (χ0v) is 14.7. The first-order valence-electron chi connectivity index (χ1n) is 8.02. The van der Waals surface area contributed by atoms with E-state index >= 15 is 0 Å². The Morgan fingerprint density at radius 2 is 2.04 bits per heavy atom. The second kappa shape index (κ2) is 8.09. The van der Waals surface area contributed by atoms with Gasteiger partial charge in [-0.3, -0.25) is 4.79 Å². The number of aryl methyl sites for hydroxylation is 1. The summed E-state index contributed by atoms with van der Waals surface area (Å²) in [6.07, 6.45) is 1.46. The lowest BCUT2D eigenvalue weighted by atomic mass is 10.1. The highest BCUT2D eigenvalue weighted by atomic mass is 16.5. The van der Waals surface area contributed by atoms with Crippen molar-refractivity contribution in [3.63, 3.8) is 0 Å². The van der Waals surface area contributed by atoms with Gasteiger partial charge in [0.1, 0.15) is 12.1 Å². The predicted octanol–water partition coefficient (Wildman–Crippen LogP) is 1.77. The van der Waals surface area contributed by atoms with Crippen molar-refractivity contribution in [3.8, 4) is 11.4 Å². The molecule has 1 heterocycles. The van der Waals surface area contributed by atoms with E-state index in [-0.39, 0.29) is 12.5 Å². The molecule has 0 atom stereocenters. The number of benzene rings is 2. The quantitative estimate of drug-likeness (QED) is 0.662. The third-order valence-electron chi connectivity index (χ3n) is 3.73. The van der Waals surface area contributed by atoms with Gasteiger partial charge in [0.2, 0.25) is 0 Å². The minimum atomic E-state index is -0.471. The third-order valence-corrected chi connectivity index (χ3v) is 3.73. The monoisotopic (exact) mass is 367 g/mol. The Kier molecular flexibility index (Phi) is 5.41. The normalized spacial score (nSPS) is 10.3. The van der Waals surface area contributed by atoms with Crippen molar-refractivity contribution in [2.75, 3.05) is 19.0 Å². The fourth-order valence-electron chi connectivity index (χ4n) is 2.33. The Morgan fingerprint density at radius 1 is 1.19 bits per heavy atom. The molecule has 0 saturated heterocycles. The van der Waals surface area contributed by atoms with Crippen LogP contribution in [-0.4, -0.2) is 45.8 Å². The maximum atomic E-state index is 12.2. The highest BCUT2D eigenvalue weighted by Gasteiger charge is 2.11. The van der Waals surface area contributed by atoms with E-state index in [1.807, 2.05) is 13.0 Å². The minimum Gasteiger partial charge on any atom is -0.484 e. The molecule has 0 spiro atoms. The maximum absolute atomic E-state index is 12.2. The van der Waals surface area contributed by atoms with Crippen molar-refractivity contribution >= 4 is 17.6 Å². The number of nitrogens with one attached hydrogen (secondary N) is 1. The number of methoxy groups -OCH3 is 1. The molecule has 138 valence electrons. The molecule has 9 nitrogen and oxygen atoms in total. The lowest BCUT2D eigenvalue weighted by molar-refractivity contribution is -0.118. The summed E-state index contributed by atoms with van der Waals surface area (Å²) in [5, 5.41) is 13.7. The van der Waals surface area contributed by atoms with Gasteiger partial charge >= 0.3 is 5.97 Å². The molecule has 1 N–H and O–H groups in total. The van der Waals surface area contributed by atoms with Gasteiger partial charge in [-0.1, -0.05) is 12.1 Å². The molecular formula is C18H17N5O4. The smallest absolute Gasteiger partial charge is 0.337 e. The fourth-order valence-corrected chi connectivity index (χ4v) is 2.33. The molecule has 3 rings (SSSR count).